The lowest BCUT2D eigenvalue weighted by atomic mass is 10.3. The molecule has 1 aromatic carbocycles. The van der Waals surface area contributed by atoms with Crippen LogP contribution in [0.25, 0.3) is 0 Å². The summed E-state index contributed by atoms with van der Waals surface area (Å²) in [5.41, 5.74) is 0.615. The molecule has 0 atom stereocenters. The first-order chi connectivity index (χ1) is 6.74. The molecule has 4 nitrogen and oxygen atoms in total. The number of nitrogens with one attached hydrogen (secondary N) is 2. The Balaban J connectivity index is 0. The minimum absolute atomic E-state index is 0. The normalized spacial score (nSPS) is 9.21. The fourth-order valence-electron chi connectivity index (χ4n) is 0.950. The van der Waals surface area contributed by atoms with Crippen molar-refractivity contribution in [3.05, 3.63) is 30.3 Å². The number of hydrogen-bond donors (Lipinski definition) is 2. The van der Waals surface area contributed by atoms with Crippen molar-refractivity contribution in [1.29, 1.82) is 0 Å². The van der Waals surface area contributed by atoms with Gasteiger partial charge in [0, 0.05) is 15.1 Å². The van der Waals surface area contributed by atoms with Crippen molar-refractivity contribution in [2.24, 2.45) is 0 Å². The Hall–Kier alpha value is -1.84. The second-order valence-corrected chi connectivity index (χ2v) is 2.68. The maximum absolute atomic E-state index is 11.2. The maximum Gasteiger partial charge on any atom is 0.313 e. The Morgan fingerprint density at radius 1 is 1.21 bits per heavy atom. The average Bonchev–Trinajstić information content (AvgIpc) is 2.19. The molecule has 2 amide bonds. The van der Waals surface area contributed by atoms with E-state index in [1.54, 1.807) is 31.2 Å². The first kappa shape index (κ1) is 10.2. The van der Waals surface area contributed by atoms with E-state index in [2.05, 4.69) is 10.6 Å². The van der Waals surface area contributed by atoms with E-state index in [4.69, 9.17) is 0 Å². The van der Waals surface area contributed by atoms with Crippen LogP contribution in [0, 0.1) is 0 Å². The zero-order valence-electron chi connectivity index (χ0n) is 7.91. The smallest absolute Gasteiger partial charge is 0.313 e. The second-order valence-electron chi connectivity index (χ2n) is 2.68. The number of hydrogen-bond acceptors (Lipinski definition) is 2. The van der Waals surface area contributed by atoms with Gasteiger partial charge in [0.15, 0.2) is 0 Å². The highest BCUT2D eigenvalue weighted by molar-refractivity contribution is 6.39. The summed E-state index contributed by atoms with van der Waals surface area (Å²) in [6, 6.07) is 8.84. The van der Waals surface area contributed by atoms with Crippen LogP contribution in [0.3, 0.4) is 0 Å². The predicted molar refractivity (Wildman–Crippen MR) is 58.0 cm³/mol. The molecule has 0 unspecified atom stereocenters. The van der Waals surface area contributed by atoms with Crippen molar-refractivity contribution in [2.75, 3.05) is 11.9 Å². The zero-order valence-corrected chi connectivity index (χ0v) is 7.91. The number of benzene rings is 1. The van der Waals surface area contributed by atoms with Gasteiger partial charge in [-0.2, -0.15) is 0 Å². The third-order valence-corrected chi connectivity index (χ3v) is 1.58. The van der Waals surface area contributed by atoms with Crippen LogP contribution in [0.4, 0.5) is 5.69 Å². The molecular formula is C10H16N2O2. The standard InChI is InChI=1S/C10H12N2O2.2H2/c1-2-11-9(13)10(14)12-8-6-4-3-5-7-8;;/h3-7H,2H2,1H3,(H,11,13)(H,12,14);2*1H. The molecule has 0 fully saturated rings. The number of para-hydroxylation sites is 1. The quantitative estimate of drug-likeness (QED) is 0.699. The van der Waals surface area contributed by atoms with Gasteiger partial charge in [0.2, 0.25) is 0 Å². The van der Waals surface area contributed by atoms with E-state index in [9.17, 15) is 9.59 Å². The van der Waals surface area contributed by atoms with Gasteiger partial charge in [0.1, 0.15) is 0 Å². The molecule has 0 aliphatic heterocycles. The first-order valence-corrected chi connectivity index (χ1v) is 4.38. The summed E-state index contributed by atoms with van der Waals surface area (Å²) in [6.07, 6.45) is 0. The van der Waals surface area contributed by atoms with Crippen molar-refractivity contribution < 1.29 is 12.4 Å². The minimum atomic E-state index is -0.641. The highest BCUT2D eigenvalue weighted by atomic mass is 16.2. The summed E-state index contributed by atoms with van der Waals surface area (Å²) in [6.45, 7) is 2.20. The summed E-state index contributed by atoms with van der Waals surface area (Å²) >= 11 is 0. The van der Waals surface area contributed by atoms with Crippen LogP contribution in [0.2, 0.25) is 0 Å². The molecule has 0 heterocycles. The molecule has 0 saturated carbocycles. The van der Waals surface area contributed by atoms with Crippen LogP contribution in [0.15, 0.2) is 30.3 Å². The van der Waals surface area contributed by atoms with Gasteiger partial charge in [-0.1, -0.05) is 18.2 Å². The second kappa shape index (κ2) is 5.01. The van der Waals surface area contributed by atoms with Crippen molar-refractivity contribution in [3.63, 3.8) is 0 Å². The molecule has 1 aromatic rings. The summed E-state index contributed by atoms with van der Waals surface area (Å²) in [4.78, 5) is 22.2. The van der Waals surface area contributed by atoms with E-state index in [1.807, 2.05) is 6.07 Å². The monoisotopic (exact) mass is 196 g/mol. The van der Waals surface area contributed by atoms with Gasteiger partial charge in [-0.3, -0.25) is 9.59 Å². The number of carbonyl (C=O) groups excluding carboxylic acids is 2. The zero-order chi connectivity index (χ0) is 10.4. The number of anilines is 1. The van der Waals surface area contributed by atoms with Crippen LogP contribution in [0.1, 0.15) is 9.78 Å². The number of amides is 2. The van der Waals surface area contributed by atoms with E-state index in [0.717, 1.165) is 0 Å². The van der Waals surface area contributed by atoms with Gasteiger partial charge < -0.3 is 10.6 Å². The molecule has 0 saturated heterocycles. The molecule has 0 aliphatic carbocycles. The summed E-state index contributed by atoms with van der Waals surface area (Å²) in [5, 5.41) is 4.89. The number of likely N-dealkylation sites (N-methyl/N-ethyl adjacent to an activating group) is 1. The topological polar surface area (TPSA) is 58.2 Å². The van der Waals surface area contributed by atoms with E-state index < -0.39 is 11.8 Å². The Kier molecular flexibility index (Phi) is 3.67. The Morgan fingerprint density at radius 2 is 1.86 bits per heavy atom. The van der Waals surface area contributed by atoms with Gasteiger partial charge in [-0.15, -0.1) is 0 Å². The van der Waals surface area contributed by atoms with E-state index in [-0.39, 0.29) is 2.85 Å². The van der Waals surface area contributed by atoms with Crippen molar-refractivity contribution in [2.45, 2.75) is 6.92 Å². The van der Waals surface area contributed by atoms with Crippen LogP contribution >= 0.6 is 0 Å². The van der Waals surface area contributed by atoms with Crippen molar-refractivity contribution >= 4 is 17.5 Å². The molecule has 0 radical (unpaired) electrons. The molecule has 1 rings (SSSR count). The number of carbonyl (C=O) groups is 2. The molecule has 0 aliphatic rings. The van der Waals surface area contributed by atoms with Gasteiger partial charge in [-0.05, 0) is 19.1 Å². The molecule has 0 spiro atoms. The molecule has 2 N–H and O–H groups in total. The fraction of sp³-hybridized carbons (Fsp3) is 0.200. The SMILES string of the molecule is CCNC(=O)C(=O)Nc1ccccc1.[HH].[HH]. The van der Waals surface area contributed by atoms with Crippen LogP contribution in [-0.4, -0.2) is 18.4 Å². The van der Waals surface area contributed by atoms with Crippen LogP contribution in [-0.2, 0) is 9.59 Å². The lowest BCUT2D eigenvalue weighted by Crippen LogP contribution is -2.35. The van der Waals surface area contributed by atoms with Crippen molar-refractivity contribution in [1.82, 2.24) is 5.32 Å². The third-order valence-electron chi connectivity index (χ3n) is 1.58. The predicted octanol–water partition coefficient (Wildman–Crippen LogP) is 1.25. The summed E-state index contributed by atoms with van der Waals surface area (Å²) in [7, 11) is 0. The molecule has 14 heavy (non-hydrogen) atoms. The summed E-state index contributed by atoms with van der Waals surface area (Å²) in [5.74, 6) is -1.26. The third kappa shape index (κ3) is 2.90. The Bertz CT molecular complexity index is 331. The van der Waals surface area contributed by atoms with Crippen molar-refractivity contribution in [3.8, 4) is 0 Å². The molecule has 0 bridgehead atoms. The van der Waals surface area contributed by atoms with Gasteiger partial charge in [-0.25, -0.2) is 0 Å². The van der Waals surface area contributed by atoms with Gasteiger partial charge in [0.05, 0.1) is 0 Å². The number of rotatable bonds is 2. The average molecular weight is 196 g/mol. The van der Waals surface area contributed by atoms with Gasteiger partial charge in [0.25, 0.3) is 0 Å². The fourth-order valence-corrected chi connectivity index (χ4v) is 0.950. The molecule has 4 heteroatoms. The molecule has 78 valence electrons. The highest BCUT2D eigenvalue weighted by Crippen LogP contribution is 2.03. The van der Waals surface area contributed by atoms with E-state index >= 15 is 0 Å². The highest BCUT2D eigenvalue weighted by Gasteiger charge is 2.11. The molecule has 0 aromatic heterocycles. The Labute approximate surface area is 85.3 Å². The van der Waals surface area contributed by atoms with E-state index in [0.29, 0.717) is 12.2 Å². The lowest BCUT2D eigenvalue weighted by Gasteiger charge is -2.03. The minimum Gasteiger partial charge on any atom is -0.348 e. The lowest BCUT2D eigenvalue weighted by molar-refractivity contribution is -0.136. The van der Waals surface area contributed by atoms with E-state index in [1.165, 1.54) is 0 Å². The van der Waals surface area contributed by atoms with Crippen LogP contribution < -0.4 is 10.6 Å². The first-order valence-electron chi connectivity index (χ1n) is 4.38. The molecular weight excluding hydrogens is 180 g/mol. The van der Waals surface area contributed by atoms with Crippen LogP contribution in [0.5, 0.6) is 0 Å². The summed E-state index contributed by atoms with van der Waals surface area (Å²) < 4.78 is 0. The maximum atomic E-state index is 11.2. The largest absolute Gasteiger partial charge is 0.348 e. The van der Waals surface area contributed by atoms with Gasteiger partial charge >= 0.3 is 11.8 Å². The Morgan fingerprint density at radius 3 is 2.43 bits per heavy atom.